The molecule has 1 aliphatic rings. The molecule has 3 aromatic rings. The third kappa shape index (κ3) is 3.96. The summed E-state index contributed by atoms with van der Waals surface area (Å²) < 4.78 is 57.5. The Morgan fingerprint density at radius 2 is 1.97 bits per heavy atom. The number of anilines is 2. The van der Waals surface area contributed by atoms with Gasteiger partial charge in [0, 0.05) is 13.1 Å². The van der Waals surface area contributed by atoms with Crippen molar-refractivity contribution in [2.75, 3.05) is 23.1 Å². The fourth-order valence-electron chi connectivity index (χ4n) is 3.24. The lowest BCUT2D eigenvalue weighted by molar-refractivity contribution is -0.347. The number of pyridine rings is 1. The minimum atomic E-state index is -4.00. The molecule has 9 nitrogen and oxygen atoms in total. The number of H-pyrrole nitrogens is 2. The highest BCUT2D eigenvalue weighted by Crippen LogP contribution is 2.28. The third-order valence-corrected chi connectivity index (χ3v) is 6.33. The van der Waals surface area contributed by atoms with Gasteiger partial charge in [0.15, 0.2) is 17.7 Å². The first-order valence-electron chi connectivity index (χ1n) is 9.27. The number of piperidine rings is 1. The van der Waals surface area contributed by atoms with Crippen LogP contribution >= 0.6 is 0 Å². The molecule has 1 saturated heterocycles. The molecule has 0 spiro atoms. The number of benzene rings is 1. The van der Waals surface area contributed by atoms with E-state index in [9.17, 15) is 22.0 Å². The summed E-state index contributed by atoms with van der Waals surface area (Å²) in [4.78, 5) is 22.2. The van der Waals surface area contributed by atoms with E-state index in [1.54, 1.807) is 0 Å². The van der Waals surface area contributed by atoms with Crippen LogP contribution in [0.25, 0.3) is 11.2 Å². The van der Waals surface area contributed by atoms with E-state index in [4.69, 9.17) is 0 Å². The summed E-state index contributed by atoms with van der Waals surface area (Å²) in [7, 11) is -4.00. The van der Waals surface area contributed by atoms with Crippen LogP contribution in [0.1, 0.15) is 29.6 Å². The Bertz CT molecular complexity index is 1210. The Hall–Kier alpha value is -3.12. The third-order valence-electron chi connectivity index (χ3n) is 4.81. The zero-order valence-corrected chi connectivity index (χ0v) is 16.5. The molecule has 0 atom stereocenters. The molecule has 2 aromatic heterocycles. The lowest BCUT2D eigenvalue weighted by atomic mass is 10.2. The molecule has 1 aromatic carbocycles. The fourth-order valence-corrected chi connectivity index (χ4v) is 4.54. The Balaban J connectivity index is 1.58. The molecule has 30 heavy (non-hydrogen) atoms. The summed E-state index contributed by atoms with van der Waals surface area (Å²) in [6.45, 7) is 0.654. The second-order valence-electron chi connectivity index (χ2n) is 6.86. The summed E-state index contributed by atoms with van der Waals surface area (Å²) in [6.07, 6.45) is 5.13. The van der Waals surface area contributed by atoms with Crippen molar-refractivity contribution >= 4 is 38.7 Å². The smallest absolute Gasteiger partial charge is 0.301 e. The number of halogens is 2. The Labute approximate surface area is 170 Å². The van der Waals surface area contributed by atoms with E-state index in [0.717, 1.165) is 18.6 Å². The van der Waals surface area contributed by atoms with Gasteiger partial charge in [-0.1, -0.05) is 6.42 Å². The summed E-state index contributed by atoms with van der Waals surface area (Å²) in [6, 6.07) is 3.32. The number of nitrogens with zero attached hydrogens (tertiary/aromatic N) is 2. The molecule has 1 aliphatic heterocycles. The first kappa shape index (κ1) is 20.2. The van der Waals surface area contributed by atoms with Crippen LogP contribution in [-0.2, 0) is 10.2 Å². The molecule has 0 unspecified atom stereocenters. The van der Waals surface area contributed by atoms with Crippen molar-refractivity contribution in [2.45, 2.75) is 19.3 Å². The quantitative estimate of drug-likeness (QED) is 0.566. The average molecular weight is 437 g/mol. The SMILES string of the molecule is O=C(Nc1c(F)ccc(NS(=O)(=O)N2CCCCC2)c1F)c1cnc2[nH+]c[nH]c2c1. The normalized spacial score (nSPS) is 15.3. The van der Waals surface area contributed by atoms with E-state index in [0.29, 0.717) is 37.1 Å². The highest BCUT2D eigenvalue weighted by Gasteiger charge is 2.26. The standard InChI is InChI=1S/C18H18F2N6O3S/c19-12-4-5-13(25-30(28,29)26-6-2-1-3-7-26)15(20)16(12)24-18(27)11-8-14-17(21-9-11)23-10-22-14/h4-5,8-10,25H,1-3,6-7H2,(H,24,27)(H,21,22,23)/p+1. The number of rotatable bonds is 5. The van der Waals surface area contributed by atoms with Crippen molar-refractivity contribution in [3.05, 3.63) is 47.9 Å². The van der Waals surface area contributed by atoms with Gasteiger partial charge in [-0.3, -0.25) is 14.5 Å². The molecule has 12 heteroatoms. The van der Waals surface area contributed by atoms with Crippen molar-refractivity contribution in [1.82, 2.24) is 14.3 Å². The van der Waals surface area contributed by atoms with Crippen molar-refractivity contribution in [2.24, 2.45) is 0 Å². The highest BCUT2D eigenvalue weighted by molar-refractivity contribution is 7.90. The number of amides is 1. The van der Waals surface area contributed by atoms with Gasteiger partial charge >= 0.3 is 10.2 Å². The van der Waals surface area contributed by atoms with Crippen LogP contribution in [0.4, 0.5) is 20.2 Å². The van der Waals surface area contributed by atoms with Crippen molar-refractivity contribution in [1.29, 1.82) is 0 Å². The van der Waals surface area contributed by atoms with Crippen LogP contribution in [-0.4, -0.2) is 41.7 Å². The van der Waals surface area contributed by atoms with Crippen LogP contribution < -0.4 is 15.0 Å². The van der Waals surface area contributed by atoms with E-state index >= 15 is 0 Å². The van der Waals surface area contributed by atoms with Crippen LogP contribution in [0.3, 0.4) is 0 Å². The zero-order valence-electron chi connectivity index (χ0n) is 15.7. The summed E-state index contributed by atoms with van der Waals surface area (Å²) in [5.41, 5.74) is -0.0945. The van der Waals surface area contributed by atoms with Crippen LogP contribution in [0.15, 0.2) is 30.7 Å². The number of hydrogen-bond donors (Lipinski definition) is 3. The predicted octanol–water partition coefficient (Wildman–Crippen LogP) is 2.05. The molecule has 1 amide bonds. The number of nitrogens with one attached hydrogen (secondary N) is 4. The van der Waals surface area contributed by atoms with Crippen molar-refractivity contribution in [3.63, 3.8) is 0 Å². The van der Waals surface area contributed by atoms with Gasteiger partial charge in [-0.15, -0.1) is 4.98 Å². The maximum absolute atomic E-state index is 14.9. The molecular formula is C18H19F2N6O3S+. The van der Waals surface area contributed by atoms with Gasteiger partial charge in [-0.05, 0) is 31.0 Å². The topological polar surface area (TPSA) is 121 Å². The Kier molecular flexibility index (Phi) is 5.35. The van der Waals surface area contributed by atoms with E-state index in [1.807, 2.05) is 0 Å². The molecule has 0 saturated carbocycles. The van der Waals surface area contributed by atoms with E-state index in [-0.39, 0.29) is 5.56 Å². The monoisotopic (exact) mass is 437 g/mol. The molecule has 158 valence electrons. The molecule has 0 aliphatic carbocycles. The maximum Gasteiger partial charge on any atom is 0.301 e. The minimum absolute atomic E-state index is 0.0662. The van der Waals surface area contributed by atoms with Gasteiger partial charge in [-0.2, -0.15) is 12.7 Å². The van der Waals surface area contributed by atoms with Crippen LogP contribution in [0.5, 0.6) is 0 Å². The van der Waals surface area contributed by atoms with E-state index < -0.39 is 39.1 Å². The number of carbonyl (C=O) groups is 1. The lowest BCUT2D eigenvalue weighted by Gasteiger charge is -2.26. The Morgan fingerprint density at radius 3 is 2.73 bits per heavy atom. The van der Waals surface area contributed by atoms with Crippen molar-refractivity contribution < 1.29 is 27.0 Å². The van der Waals surface area contributed by atoms with E-state index in [2.05, 4.69) is 25.0 Å². The molecule has 4 N–H and O–H groups in total. The number of carbonyl (C=O) groups excluding carboxylic acids is 1. The van der Waals surface area contributed by atoms with Gasteiger partial charge in [0.05, 0.1) is 11.3 Å². The number of fused-ring (bicyclic) bond motifs is 1. The first-order valence-corrected chi connectivity index (χ1v) is 10.7. The molecule has 4 rings (SSSR count). The van der Waals surface area contributed by atoms with Crippen LogP contribution in [0, 0.1) is 11.6 Å². The molecule has 1 fully saturated rings. The minimum Gasteiger partial charge on any atom is -0.317 e. The number of hydrogen-bond acceptors (Lipinski definition) is 4. The lowest BCUT2D eigenvalue weighted by Crippen LogP contribution is -2.39. The average Bonchev–Trinajstić information content (AvgIpc) is 3.21. The molecule has 3 heterocycles. The maximum atomic E-state index is 14.9. The van der Waals surface area contributed by atoms with Gasteiger partial charge in [0.25, 0.3) is 11.6 Å². The fraction of sp³-hybridized carbons (Fsp3) is 0.278. The first-order chi connectivity index (χ1) is 14.3. The van der Waals surface area contributed by atoms with Crippen molar-refractivity contribution in [3.8, 4) is 0 Å². The van der Waals surface area contributed by atoms with E-state index in [1.165, 1.54) is 22.9 Å². The summed E-state index contributed by atoms with van der Waals surface area (Å²) in [5.74, 6) is -3.05. The summed E-state index contributed by atoms with van der Waals surface area (Å²) >= 11 is 0. The second-order valence-corrected chi connectivity index (χ2v) is 8.53. The van der Waals surface area contributed by atoms with Gasteiger partial charge in [-0.25, -0.2) is 13.8 Å². The predicted molar refractivity (Wildman–Crippen MR) is 105 cm³/mol. The molecular weight excluding hydrogens is 418 g/mol. The largest absolute Gasteiger partial charge is 0.317 e. The molecule has 0 radical (unpaired) electrons. The Morgan fingerprint density at radius 1 is 1.20 bits per heavy atom. The van der Waals surface area contributed by atoms with Gasteiger partial charge < -0.3 is 5.32 Å². The number of aromatic amines is 2. The number of imidazole rings is 1. The second kappa shape index (κ2) is 7.95. The zero-order chi connectivity index (χ0) is 21.3. The number of aromatic nitrogens is 3. The molecule has 0 bridgehead atoms. The highest BCUT2D eigenvalue weighted by atomic mass is 32.2. The van der Waals surface area contributed by atoms with Gasteiger partial charge in [0.1, 0.15) is 17.7 Å². The summed E-state index contributed by atoms with van der Waals surface area (Å²) in [5, 5.41) is 2.16. The van der Waals surface area contributed by atoms with Gasteiger partial charge in [0.2, 0.25) is 0 Å². The van der Waals surface area contributed by atoms with Crippen LogP contribution in [0.2, 0.25) is 0 Å².